The molecule has 0 aliphatic rings. The summed E-state index contributed by atoms with van der Waals surface area (Å²) >= 11 is 1.70. The van der Waals surface area contributed by atoms with E-state index in [-0.39, 0.29) is 5.78 Å². The van der Waals surface area contributed by atoms with Crippen molar-refractivity contribution in [3.8, 4) is 0 Å². The largest absolute Gasteiger partial charge is 0.472 e. The van der Waals surface area contributed by atoms with Gasteiger partial charge in [-0.05, 0) is 23.6 Å². The molecule has 2 nitrogen and oxygen atoms in total. The van der Waals surface area contributed by atoms with E-state index in [1.165, 1.54) is 0 Å². The molecule has 1 rings (SSSR count). The molecule has 0 aromatic carbocycles. The Bertz CT molecular complexity index is 229. The van der Waals surface area contributed by atoms with Gasteiger partial charge in [0.05, 0.1) is 12.5 Å². The normalized spacial score (nSPS) is 10.1. The van der Waals surface area contributed by atoms with Crippen LogP contribution in [0, 0.1) is 0 Å². The fourth-order valence-corrected chi connectivity index (χ4v) is 1.36. The zero-order chi connectivity index (χ0) is 8.81. The third-order valence-corrected chi connectivity index (χ3v) is 2.18. The summed E-state index contributed by atoms with van der Waals surface area (Å²) in [6, 6.07) is 1.83. The van der Waals surface area contributed by atoms with Crippen LogP contribution in [0.25, 0.3) is 0 Å². The van der Waals surface area contributed by atoms with Crippen molar-refractivity contribution in [2.45, 2.75) is 12.8 Å². The highest BCUT2D eigenvalue weighted by Crippen LogP contribution is 2.04. The molecule has 0 atom stereocenters. The molecule has 0 fully saturated rings. The summed E-state index contributed by atoms with van der Waals surface area (Å²) in [6.07, 6.45) is 6.39. The fourth-order valence-electron chi connectivity index (χ4n) is 0.925. The molecular formula is C9H12O2S. The van der Waals surface area contributed by atoms with Gasteiger partial charge in [-0.25, -0.2) is 0 Å². The molecule has 3 heteroatoms. The van der Waals surface area contributed by atoms with Crippen molar-refractivity contribution >= 4 is 17.5 Å². The number of Topliss-reactive ketones (excluding diaryl/α,β-unsaturated/α-hetero) is 1. The summed E-state index contributed by atoms with van der Waals surface area (Å²) in [5.41, 5.74) is 0.973. The molecule has 1 aromatic heterocycles. The third-order valence-electron chi connectivity index (χ3n) is 1.57. The molecule has 0 amide bonds. The molecule has 66 valence electrons. The van der Waals surface area contributed by atoms with Crippen LogP contribution in [0.2, 0.25) is 0 Å². The maximum atomic E-state index is 11.2. The molecule has 0 N–H and O–H groups in total. The summed E-state index contributed by atoms with van der Waals surface area (Å²) < 4.78 is 4.86. The van der Waals surface area contributed by atoms with Gasteiger partial charge < -0.3 is 4.42 Å². The lowest BCUT2D eigenvalue weighted by Crippen LogP contribution is -2.02. The van der Waals surface area contributed by atoms with Crippen LogP contribution in [0.5, 0.6) is 0 Å². The molecule has 1 heterocycles. The van der Waals surface area contributed by atoms with E-state index in [0.717, 1.165) is 11.3 Å². The zero-order valence-electron chi connectivity index (χ0n) is 7.08. The lowest BCUT2D eigenvalue weighted by Gasteiger charge is -1.95. The van der Waals surface area contributed by atoms with E-state index in [9.17, 15) is 4.79 Å². The Morgan fingerprint density at radius 1 is 1.67 bits per heavy atom. The predicted molar refractivity (Wildman–Crippen MR) is 50.4 cm³/mol. The molecule has 0 aliphatic heterocycles. The van der Waals surface area contributed by atoms with Crippen LogP contribution < -0.4 is 0 Å². The van der Waals surface area contributed by atoms with Gasteiger partial charge in [0.15, 0.2) is 0 Å². The maximum Gasteiger partial charge on any atom is 0.138 e. The third kappa shape index (κ3) is 3.13. The minimum absolute atomic E-state index is 0.283. The number of carbonyl (C=O) groups excluding carboxylic acids is 1. The molecule has 1 aromatic rings. The Labute approximate surface area is 76.3 Å². The van der Waals surface area contributed by atoms with Crippen molar-refractivity contribution in [2.24, 2.45) is 0 Å². The molecule has 0 unspecified atom stereocenters. The second-order valence-electron chi connectivity index (χ2n) is 2.59. The van der Waals surface area contributed by atoms with Gasteiger partial charge in [0.1, 0.15) is 5.78 Å². The molecular weight excluding hydrogens is 172 g/mol. The van der Waals surface area contributed by atoms with Crippen molar-refractivity contribution in [1.29, 1.82) is 0 Å². The van der Waals surface area contributed by atoms with Crippen LogP contribution in [0.1, 0.15) is 12.0 Å². The summed E-state index contributed by atoms with van der Waals surface area (Å²) in [5, 5.41) is 0. The van der Waals surface area contributed by atoms with Crippen molar-refractivity contribution in [3.05, 3.63) is 24.2 Å². The lowest BCUT2D eigenvalue weighted by molar-refractivity contribution is -0.118. The molecule has 0 saturated carbocycles. The van der Waals surface area contributed by atoms with Gasteiger partial charge in [-0.15, -0.1) is 0 Å². The number of rotatable bonds is 5. The van der Waals surface area contributed by atoms with E-state index in [0.29, 0.717) is 12.8 Å². The maximum absolute atomic E-state index is 11.2. The second kappa shape index (κ2) is 5.04. The summed E-state index contributed by atoms with van der Waals surface area (Å²) in [6.45, 7) is 0. The average Bonchev–Trinajstić information content (AvgIpc) is 2.53. The van der Waals surface area contributed by atoms with Crippen molar-refractivity contribution in [2.75, 3.05) is 12.0 Å². The summed E-state index contributed by atoms with van der Waals surface area (Å²) in [4.78, 5) is 11.2. The number of furan rings is 1. The molecule has 0 aliphatic carbocycles. The van der Waals surface area contributed by atoms with Gasteiger partial charge in [-0.3, -0.25) is 4.79 Å². The highest BCUT2D eigenvalue weighted by Gasteiger charge is 2.03. The minimum Gasteiger partial charge on any atom is -0.472 e. The van der Waals surface area contributed by atoms with Crippen LogP contribution in [-0.4, -0.2) is 17.8 Å². The number of ketones is 1. The Morgan fingerprint density at radius 2 is 2.50 bits per heavy atom. The van der Waals surface area contributed by atoms with E-state index >= 15 is 0 Å². The first-order chi connectivity index (χ1) is 5.83. The Kier molecular flexibility index (Phi) is 3.94. The summed E-state index contributed by atoms with van der Waals surface area (Å²) in [7, 11) is 0. The molecule has 0 spiro atoms. The van der Waals surface area contributed by atoms with Gasteiger partial charge in [-0.1, -0.05) is 0 Å². The highest BCUT2D eigenvalue weighted by atomic mass is 32.2. The van der Waals surface area contributed by atoms with E-state index in [1.54, 1.807) is 24.3 Å². The van der Waals surface area contributed by atoms with E-state index in [1.807, 2.05) is 12.3 Å². The standard InChI is InChI=1S/C9H12O2S/c1-12-5-3-9(10)6-8-2-4-11-7-8/h2,4,7H,3,5-6H2,1H3. The van der Waals surface area contributed by atoms with Crippen molar-refractivity contribution in [1.82, 2.24) is 0 Å². The van der Waals surface area contributed by atoms with Gasteiger partial charge >= 0.3 is 0 Å². The van der Waals surface area contributed by atoms with Crippen LogP contribution >= 0.6 is 11.8 Å². The first-order valence-corrected chi connectivity index (χ1v) is 5.24. The fraction of sp³-hybridized carbons (Fsp3) is 0.444. The number of hydrogen-bond donors (Lipinski definition) is 0. The van der Waals surface area contributed by atoms with E-state index in [2.05, 4.69) is 0 Å². The Balaban J connectivity index is 2.27. The van der Waals surface area contributed by atoms with Gasteiger partial charge in [0.25, 0.3) is 0 Å². The monoisotopic (exact) mass is 184 g/mol. The SMILES string of the molecule is CSCCC(=O)Cc1ccoc1. The van der Waals surface area contributed by atoms with Crippen LogP contribution in [0.3, 0.4) is 0 Å². The smallest absolute Gasteiger partial charge is 0.138 e. The second-order valence-corrected chi connectivity index (χ2v) is 3.58. The average molecular weight is 184 g/mol. The molecule has 12 heavy (non-hydrogen) atoms. The molecule has 0 radical (unpaired) electrons. The van der Waals surface area contributed by atoms with E-state index in [4.69, 9.17) is 4.42 Å². The molecule has 0 saturated heterocycles. The zero-order valence-corrected chi connectivity index (χ0v) is 7.89. The first-order valence-electron chi connectivity index (χ1n) is 3.84. The number of hydrogen-bond acceptors (Lipinski definition) is 3. The minimum atomic E-state index is 0.283. The van der Waals surface area contributed by atoms with Crippen LogP contribution in [-0.2, 0) is 11.2 Å². The summed E-state index contributed by atoms with van der Waals surface area (Å²) in [5.74, 6) is 1.20. The highest BCUT2D eigenvalue weighted by molar-refractivity contribution is 7.98. The first kappa shape index (κ1) is 9.39. The lowest BCUT2D eigenvalue weighted by atomic mass is 10.1. The molecule has 0 bridgehead atoms. The Morgan fingerprint density at radius 3 is 3.08 bits per heavy atom. The van der Waals surface area contributed by atoms with Gasteiger partial charge in [0.2, 0.25) is 0 Å². The van der Waals surface area contributed by atoms with Crippen LogP contribution in [0.15, 0.2) is 23.0 Å². The van der Waals surface area contributed by atoms with Gasteiger partial charge in [-0.2, -0.15) is 11.8 Å². The number of thioether (sulfide) groups is 1. The van der Waals surface area contributed by atoms with Crippen LogP contribution in [0.4, 0.5) is 0 Å². The quantitative estimate of drug-likeness (QED) is 0.702. The van der Waals surface area contributed by atoms with E-state index < -0.39 is 0 Å². The topological polar surface area (TPSA) is 30.2 Å². The van der Waals surface area contributed by atoms with Gasteiger partial charge in [0, 0.05) is 12.8 Å². The van der Waals surface area contributed by atoms with Crippen molar-refractivity contribution < 1.29 is 9.21 Å². The number of carbonyl (C=O) groups is 1. The predicted octanol–water partition coefficient (Wildman–Crippen LogP) is 2.14. The van der Waals surface area contributed by atoms with Crippen molar-refractivity contribution in [3.63, 3.8) is 0 Å². The Hall–Kier alpha value is -0.700.